The first kappa shape index (κ1) is 13.9. The van der Waals surface area contributed by atoms with E-state index < -0.39 is 20.5 Å². The molecule has 0 bridgehead atoms. The van der Waals surface area contributed by atoms with E-state index in [1.807, 2.05) is 6.07 Å². The van der Waals surface area contributed by atoms with Gasteiger partial charge < -0.3 is 0 Å². The molecule has 2 unspecified atom stereocenters. The first-order valence-corrected chi connectivity index (χ1v) is 8.73. The van der Waals surface area contributed by atoms with Crippen molar-refractivity contribution in [2.24, 2.45) is 0 Å². The second-order valence-electron chi connectivity index (χ2n) is 5.17. The normalized spacial score (nSPS) is 19.1. The zero-order chi connectivity index (χ0) is 13.3. The summed E-state index contributed by atoms with van der Waals surface area (Å²) < 4.78 is 23.1. The van der Waals surface area contributed by atoms with Crippen LogP contribution in [0.25, 0.3) is 0 Å². The molecule has 0 N–H and O–H groups in total. The van der Waals surface area contributed by atoms with Gasteiger partial charge in [-0.3, -0.25) is 0 Å². The first-order valence-electron chi connectivity index (χ1n) is 6.34. The lowest BCUT2D eigenvalue weighted by atomic mass is 9.89. The molecular weight excluding hydrogens is 268 g/mol. The number of sulfone groups is 1. The molecule has 1 aromatic carbocycles. The second kappa shape index (κ2) is 5.22. The number of halogens is 1. The fourth-order valence-electron chi connectivity index (χ4n) is 2.41. The van der Waals surface area contributed by atoms with Gasteiger partial charge in [0.2, 0.25) is 0 Å². The van der Waals surface area contributed by atoms with Crippen LogP contribution in [-0.4, -0.2) is 19.9 Å². The molecule has 4 heteroatoms. The smallest absolute Gasteiger partial charge is 0.151 e. The summed E-state index contributed by atoms with van der Waals surface area (Å²) >= 11 is 6.30. The number of hydrogen-bond donors (Lipinski definition) is 0. The molecule has 2 nitrogen and oxygen atoms in total. The summed E-state index contributed by atoms with van der Waals surface area (Å²) in [5.74, 6) is 0. The summed E-state index contributed by atoms with van der Waals surface area (Å²) in [5, 5.41) is -1.02. The molecule has 0 amide bonds. The molecule has 0 saturated carbocycles. The summed E-state index contributed by atoms with van der Waals surface area (Å²) in [6.07, 6.45) is 5.91. The van der Waals surface area contributed by atoms with Crippen LogP contribution in [0, 0.1) is 0 Å². The maximum absolute atomic E-state index is 11.6. The average molecular weight is 287 g/mol. The lowest BCUT2D eigenvalue weighted by Crippen LogP contribution is -2.21. The summed E-state index contributed by atoms with van der Waals surface area (Å²) in [6, 6.07) is 6.17. The summed E-state index contributed by atoms with van der Waals surface area (Å²) in [5.41, 5.74) is 3.65. The largest absolute Gasteiger partial charge is 0.229 e. The summed E-state index contributed by atoms with van der Waals surface area (Å²) in [7, 11) is -3.10. The number of benzene rings is 1. The monoisotopic (exact) mass is 286 g/mol. The minimum absolute atomic E-state index is 0.466. The van der Waals surface area contributed by atoms with Gasteiger partial charge in [-0.2, -0.15) is 0 Å². The molecule has 0 spiro atoms. The number of fused-ring (bicyclic) bond motifs is 1. The third kappa shape index (κ3) is 2.89. The van der Waals surface area contributed by atoms with Crippen LogP contribution in [0.5, 0.6) is 0 Å². The van der Waals surface area contributed by atoms with Gasteiger partial charge in [-0.25, -0.2) is 8.42 Å². The molecule has 0 heterocycles. The van der Waals surface area contributed by atoms with E-state index in [0.717, 1.165) is 18.4 Å². The van der Waals surface area contributed by atoms with Gasteiger partial charge in [0, 0.05) is 6.26 Å². The van der Waals surface area contributed by atoms with Crippen molar-refractivity contribution >= 4 is 21.4 Å². The molecule has 2 atom stereocenters. The van der Waals surface area contributed by atoms with Crippen LogP contribution in [0.2, 0.25) is 0 Å². The Morgan fingerprint density at radius 1 is 1.17 bits per heavy atom. The van der Waals surface area contributed by atoms with E-state index in [1.54, 1.807) is 6.92 Å². The molecule has 18 heavy (non-hydrogen) atoms. The van der Waals surface area contributed by atoms with Crippen LogP contribution >= 0.6 is 11.6 Å². The zero-order valence-corrected chi connectivity index (χ0v) is 12.4. The van der Waals surface area contributed by atoms with E-state index in [2.05, 4.69) is 12.1 Å². The van der Waals surface area contributed by atoms with Crippen molar-refractivity contribution in [3.63, 3.8) is 0 Å². The topological polar surface area (TPSA) is 34.1 Å². The van der Waals surface area contributed by atoms with Crippen LogP contribution in [0.15, 0.2) is 18.2 Å². The Morgan fingerprint density at radius 3 is 2.39 bits per heavy atom. The predicted molar refractivity (Wildman–Crippen MR) is 76.0 cm³/mol. The van der Waals surface area contributed by atoms with E-state index in [0.29, 0.717) is 0 Å². The SMILES string of the molecule is CC(C(Cl)c1ccc2c(c1)CCCC2)S(C)(=O)=O. The lowest BCUT2D eigenvalue weighted by Gasteiger charge is -2.21. The number of aryl methyl sites for hydroxylation is 2. The minimum Gasteiger partial charge on any atom is -0.229 e. The van der Waals surface area contributed by atoms with Gasteiger partial charge in [-0.15, -0.1) is 11.6 Å². The van der Waals surface area contributed by atoms with Gasteiger partial charge in [-0.05, 0) is 49.3 Å². The average Bonchev–Trinajstić information content (AvgIpc) is 2.35. The van der Waals surface area contributed by atoms with Crippen molar-refractivity contribution in [2.45, 2.75) is 43.2 Å². The minimum atomic E-state index is -3.10. The number of hydrogen-bond acceptors (Lipinski definition) is 2. The molecule has 0 aromatic heterocycles. The van der Waals surface area contributed by atoms with Crippen LogP contribution in [-0.2, 0) is 22.7 Å². The molecule has 1 aliphatic rings. The van der Waals surface area contributed by atoms with Gasteiger partial charge in [-0.1, -0.05) is 18.2 Å². The molecule has 2 rings (SSSR count). The fourth-order valence-corrected chi connectivity index (χ4v) is 3.70. The van der Waals surface area contributed by atoms with Crippen molar-refractivity contribution in [3.8, 4) is 0 Å². The molecule has 1 aromatic rings. The third-order valence-corrected chi connectivity index (χ3v) is 6.18. The second-order valence-corrected chi connectivity index (χ2v) is 8.04. The van der Waals surface area contributed by atoms with Gasteiger partial charge >= 0.3 is 0 Å². The van der Waals surface area contributed by atoms with Crippen molar-refractivity contribution in [2.75, 3.05) is 6.26 Å². The standard InChI is InChI=1S/C14H19ClO2S/c1-10(18(2,16)17)14(15)13-8-7-11-5-3-4-6-12(11)9-13/h7-10,14H,3-6H2,1-2H3. The van der Waals surface area contributed by atoms with E-state index in [4.69, 9.17) is 11.6 Å². The highest BCUT2D eigenvalue weighted by molar-refractivity contribution is 7.91. The fraction of sp³-hybridized carbons (Fsp3) is 0.571. The van der Waals surface area contributed by atoms with Crippen LogP contribution in [0.3, 0.4) is 0 Å². The van der Waals surface area contributed by atoms with E-state index >= 15 is 0 Å². The Balaban J connectivity index is 2.29. The van der Waals surface area contributed by atoms with Crippen molar-refractivity contribution in [1.82, 2.24) is 0 Å². The Bertz CT molecular complexity index is 537. The Kier molecular flexibility index (Phi) is 4.02. The zero-order valence-electron chi connectivity index (χ0n) is 10.8. The lowest BCUT2D eigenvalue weighted by molar-refractivity contribution is 0.587. The molecule has 100 valence electrons. The molecule has 1 aliphatic carbocycles. The Hall–Kier alpha value is -0.540. The highest BCUT2D eigenvalue weighted by Gasteiger charge is 2.26. The van der Waals surface area contributed by atoms with E-state index in [9.17, 15) is 8.42 Å². The van der Waals surface area contributed by atoms with Gasteiger partial charge in [0.25, 0.3) is 0 Å². The maximum Gasteiger partial charge on any atom is 0.151 e. The highest BCUT2D eigenvalue weighted by atomic mass is 35.5. The van der Waals surface area contributed by atoms with Gasteiger partial charge in [0.1, 0.15) is 0 Å². The first-order chi connectivity index (χ1) is 8.39. The van der Waals surface area contributed by atoms with Crippen molar-refractivity contribution in [1.29, 1.82) is 0 Å². The number of rotatable bonds is 3. The summed E-state index contributed by atoms with van der Waals surface area (Å²) in [6.45, 7) is 1.67. The number of alkyl halides is 1. The predicted octanol–water partition coefficient (Wildman–Crippen LogP) is 3.28. The van der Waals surface area contributed by atoms with Crippen LogP contribution in [0.4, 0.5) is 0 Å². The van der Waals surface area contributed by atoms with E-state index in [1.165, 1.54) is 30.2 Å². The Labute approximate surface area is 114 Å². The van der Waals surface area contributed by atoms with Gasteiger partial charge in [0.15, 0.2) is 9.84 Å². The quantitative estimate of drug-likeness (QED) is 0.799. The molecule has 0 fully saturated rings. The van der Waals surface area contributed by atoms with Crippen LogP contribution < -0.4 is 0 Å². The molecule has 0 aliphatic heterocycles. The molecule has 0 radical (unpaired) electrons. The summed E-state index contributed by atoms with van der Waals surface area (Å²) in [4.78, 5) is 0. The third-order valence-electron chi connectivity index (χ3n) is 3.78. The van der Waals surface area contributed by atoms with E-state index in [-0.39, 0.29) is 0 Å². The van der Waals surface area contributed by atoms with Crippen molar-refractivity contribution in [3.05, 3.63) is 34.9 Å². The van der Waals surface area contributed by atoms with Crippen molar-refractivity contribution < 1.29 is 8.42 Å². The maximum atomic E-state index is 11.6. The molecule has 0 saturated heterocycles. The highest BCUT2D eigenvalue weighted by Crippen LogP contribution is 2.31. The Morgan fingerprint density at radius 2 is 1.78 bits per heavy atom. The van der Waals surface area contributed by atoms with Crippen LogP contribution in [0.1, 0.15) is 41.8 Å². The van der Waals surface area contributed by atoms with Gasteiger partial charge in [0.05, 0.1) is 10.6 Å². The molecular formula is C14H19ClO2S.